The monoisotopic (exact) mass is 432 g/mol. The molecule has 0 bridgehead atoms. The summed E-state index contributed by atoms with van der Waals surface area (Å²) in [6, 6.07) is 7.20. The van der Waals surface area contributed by atoms with E-state index in [9.17, 15) is 22.4 Å². The first-order chi connectivity index (χ1) is 13.7. The normalized spacial score (nSPS) is 14.6. The summed E-state index contributed by atoms with van der Waals surface area (Å²) in [6.45, 7) is 1.27. The Kier molecular flexibility index (Phi) is 6.49. The third-order valence-corrected chi connectivity index (χ3v) is 4.51. The molecule has 156 valence electrons. The molecule has 0 aromatic heterocycles. The molecule has 0 spiro atoms. The topological polar surface area (TPSA) is 50.8 Å². The van der Waals surface area contributed by atoms with Gasteiger partial charge in [0.25, 0.3) is 5.91 Å². The van der Waals surface area contributed by atoms with Crippen molar-refractivity contribution < 1.29 is 31.8 Å². The van der Waals surface area contributed by atoms with Crippen molar-refractivity contribution in [2.45, 2.75) is 6.18 Å². The van der Waals surface area contributed by atoms with Crippen LogP contribution in [0.1, 0.15) is 5.56 Å². The Bertz CT molecular complexity index is 886. The molecule has 1 amide bonds. The van der Waals surface area contributed by atoms with Gasteiger partial charge in [0.05, 0.1) is 29.5 Å². The van der Waals surface area contributed by atoms with Crippen LogP contribution in [0, 0.1) is 5.82 Å². The van der Waals surface area contributed by atoms with E-state index in [0.717, 1.165) is 12.1 Å². The molecule has 1 aliphatic heterocycles. The van der Waals surface area contributed by atoms with Crippen LogP contribution in [-0.2, 0) is 15.7 Å². The number of carbonyl (C=O) groups is 1. The van der Waals surface area contributed by atoms with Gasteiger partial charge in [0.15, 0.2) is 6.61 Å². The molecule has 0 atom stereocenters. The molecule has 0 saturated carbocycles. The van der Waals surface area contributed by atoms with Crippen LogP contribution in [0.2, 0.25) is 5.02 Å². The van der Waals surface area contributed by atoms with Crippen LogP contribution in [0.15, 0.2) is 36.4 Å². The third kappa shape index (κ3) is 5.51. The number of hydrogen-bond acceptors (Lipinski definition) is 4. The number of carbonyl (C=O) groups excluding carboxylic acids is 1. The minimum atomic E-state index is -4.66. The molecule has 1 saturated heterocycles. The zero-order valence-corrected chi connectivity index (χ0v) is 15.8. The maximum absolute atomic E-state index is 13.5. The SMILES string of the molecule is O=C(COc1ccc(F)c(Cl)c1)Nc1ccc(N2CCOCC2)cc1C(F)(F)F. The second-order valence-corrected chi connectivity index (χ2v) is 6.65. The van der Waals surface area contributed by atoms with Gasteiger partial charge in [-0.3, -0.25) is 4.79 Å². The number of rotatable bonds is 5. The predicted octanol–water partition coefficient (Wildman–Crippen LogP) is 4.35. The van der Waals surface area contributed by atoms with Gasteiger partial charge in [-0.25, -0.2) is 4.39 Å². The van der Waals surface area contributed by atoms with Gasteiger partial charge in [0.1, 0.15) is 11.6 Å². The van der Waals surface area contributed by atoms with Crippen molar-refractivity contribution in [3.63, 3.8) is 0 Å². The lowest BCUT2D eigenvalue weighted by Gasteiger charge is -2.29. The van der Waals surface area contributed by atoms with E-state index in [4.69, 9.17) is 21.1 Å². The summed E-state index contributed by atoms with van der Waals surface area (Å²) < 4.78 is 64.0. The lowest BCUT2D eigenvalue weighted by Crippen LogP contribution is -2.36. The van der Waals surface area contributed by atoms with Gasteiger partial charge in [-0.05, 0) is 30.3 Å². The van der Waals surface area contributed by atoms with Gasteiger partial charge in [0, 0.05) is 24.8 Å². The molecule has 3 rings (SSSR count). The molecule has 1 aliphatic rings. The summed E-state index contributed by atoms with van der Waals surface area (Å²) in [6.07, 6.45) is -4.66. The average Bonchev–Trinajstić information content (AvgIpc) is 2.69. The number of ether oxygens (including phenoxy) is 2. The Morgan fingerprint density at radius 1 is 1.17 bits per heavy atom. The zero-order chi connectivity index (χ0) is 21.0. The first kappa shape index (κ1) is 21.2. The molecule has 0 unspecified atom stereocenters. The highest BCUT2D eigenvalue weighted by atomic mass is 35.5. The fraction of sp³-hybridized carbons (Fsp3) is 0.316. The summed E-state index contributed by atoms with van der Waals surface area (Å²) in [5, 5.41) is 2.02. The number of morpholine rings is 1. The Labute approximate surface area is 169 Å². The second-order valence-electron chi connectivity index (χ2n) is 6.24. The number of nitrogens with zero attached hydrogens (tertiary/aromatic N) is 1. The summed E-state index contributed by atoms with van der Waals surface area (Å²) in [5.41, 5.74) is -0.934. The molecule has 1 N–H and O–H groups in total. The zero-order valence-electron chi connectivity index (χ0n) is 15.1. The number of nitrogens with one attached hydrogen (secondary N) is 1. The Hall–Kier alpha value is -2.52. The van der Waals surface area contributed by atoms with Crippen LogP contribution in [-0.4, -0.2) is 38.8 Å². The number of alkyl halides is 3. The molecule has 1 fully saturated rings. The lowest BCUT2D eigenvalue weighted by atomic mass is 10.1. The van der Waals surface area contributed by atoms with Crippen molar-refractivity contribution in [1.82, 2.24) is 0 Å². The van der Waals surface area contributed by atoms with Gasteiger partial charge >= 0.3 is 6.18 Å². The maximum atomic E-state index is 13.5. The average molecular weight is 433 g/mol. The van der Waals surface area contributed by atoms with Gasteiger partial charge in [-0.2, -0.15) is 13.2 Å². The van der Waals surface area contributed by atoms with Crippen LogP contribution in [0.4, 0.5) is 28.9 Å². The Balaban J connectivity index is 1.71. The highest BCUT2D eigenvalue weighted by Gasteiger charge is 2.35. The van der Waals surface area contributed by atoms with Crippen LogP contribution in [0.25, 0.3) is 0 Å². The van der Waals surface area contributed by atoms with Crippen LogP contribution in [0.5, 0.6) is 5.75 Å². The highest BCUT2D eigenvalue weighted by molar-refractivity contribution is 6.30. The van der Waals surface area contributed by atoms with E-state index in [0.29, 0.717) is 32.0 Å². The van der Waals surface area contributed by atoms with E-state index in [1.165, 1.54) is 24.3 Å². The van der Waals surface area contributed by atoms with E-state index < -0.39 is 30.1 Å². The fourth-order valence-electron chi connectivity index (χ4n) is 2.80. The lowest BCUT2D eigenvalue weighted by molar-refractivity contribution is -0.137. The molecular weight excluding hydrogens is 416 g/mol. The van der Waals surface area contributed by atoms with Crippen LogP contribution >= 0.6 is 11.6 Å². The molecule has 0 aliphatic carbocycles. The van der Waals surface area contributed by atoms with Crippen molar-refractivity contribution in [3.8, 4) is 5.75 Å². The minimum Gasteiger partial charge on any atom is -0.484 e. The molecule has 0 radical (unpaired) electrons. The first-order valence-corrected chi connectivity index (χ1v) is 9.03. The van der Waals surface area contributed by atoms with Crippen molar-refractivity contribution in [1.29, 1.82) is 0 Å². The number of anilines is 2. The van der Waals surface area contributed by atoms with Gasteiger partial charge in [0.2, 0.25) is 0 Å². The number of halogens is 5. The van der Waals surface area contributed by atoms with Gasteiger partial charge < -0.3 is 19.7 Å². The van der Waals surface area contributed by atoms with Gasteiger partial charge in [-0.1, -0.05) is 11.6 Å². The van der Waals surface area contributed by atoms with E-state index in [-0.39, 0.29) is 16.5 Å². The predicted molar refractivity (Wildman–Crippen MR) is 100 cm³/mol. The van der Waals surface area contributed by atoms with Crippen molar-refractivity contribution in [3.05, 3.63) is 52.8 Å². The fourth-order valence-corrected chi connectivity index (χ4v) is 2.97. The van der Waals surface area contributed by atoms with Crippen LogP contribution < -0.4 is 15.0 Å². The first-order valence-electron chi connectivity index (χ1n) is 8.65. The Morgan fingerprint density at radius 3 is 2.55 bits per heavy atom. The molecule has 29 heavy (non-hydrogen) atoms. The molecular formula is C19H17ClF4N2O3. The maximum Gasteiger partial charge on any atom is 0.418 e. The third-order valence-electron chi connectivity index (χ3n) is 4.22. The summed E-state index contributed by atoms with van der Waals surface area (Å²) >= 11 is 5.62. The summed E-state index contributed by atoms with van der Waals surface area (Å²) in [7, 11) is 0. The standard InChI is InChI=1S/C19H17ClF4N2O3/c20-15-10-13(2-3-16(15)21)29-11-18(27)25-17-4-1-12(9-14(17)19(22,23)24)26-5-7-28-8-6-26/h1-4,9-10H,5-8,11H2,(H,25,27). The van der Waals surface area contributed by atoms with Crippen molar-refractivity contribution >= 4 is 28.9 Å². The van der Waals surface area contributed by atoms with Crippen molar-refractivity contribution in [2.24, 2.45) is 0 Å². The molecule has 1 heterocycles. The minimum absolute atomic E-state index is 0.116. The summed E-state index contributed by atoms with van der Waals surface area (Å²) in [4.78, 5) is 13.8. The van der Waals surface area contributed by atoms with Crippen molar-refractivity contribution in [2.75, 3.05) is 43.1 Å². The van der Waals surface area contributed by atoms with E-state index in [2.05, 4.69) is 5.32 Å². The highest BCUT2D eigenvalue weighted by Crippen LogP contribution is 2.37. The van der Waals surface area contributed by atoms with Crippen LogP contribution in [0.3, 0.4) is 0 Å². The van der Waals surface area contributed by atoms with Gasteiger partial charge in [-0.15, -0.1) is 0 Å². The number of amides is 1. The molecule has 10 heteroatoms. The van der Waals surface area contributed by atoms with E-state index in [1.54, 1.807) is 4.90 Å². The van der Waals surface area contributed by atoms with E-state index >= 15 is 0 Å². The number of benzene rings is 2. The Morgan fingerprint density at radius 2 is 1.90 bits per heavy atom. The second kappa shape index (κ2) is 8.87. The number of hydrogen-bond donors (Lipinski definition) is 1. The quantitative estimate of drug-likeness (QED) is 0.714. The van der Waals surface area contributed by atoms with E-state index in [1.807, 2.05) is 0 Å². The summed E-state index contributed by atoms with van der Waals surface area (Å²) in [5.74, 6) is -1.33. The molecule has 5 nitrogen and oxygen atoms in total. The molecule has 2 aromatic carbocycles. The largest absolute Gasteiger partial charge is 0.484 e. The molecule has 2 aromatic rings. The smallest absolute Gasteiger partial charge is 0.418 e.